The molecule has 3 rings (SSSR count). The first-order chi connectivity index (χ1) is 17.3. The number of nitrogens with one attached hydrogen (secondary N) is 1. The summed E-state index contributed by atoms with van der Waals surface area (Å²) in [5.74, 6) is 0.0256. The van der Waals surface area contributed by atoms with Crippen molar-refractivity contribution in [3.8, 4) is 5.75 Å². The van der Waals surface area contributed by atoms with Gasteiger partial charge in [0.25, 0.3) is 0 Å². The normalized spacial score (nSPS) is 19.2. The fourth-order valence-corrected chi connectivity index (χ4v) is 4.65. The van der Waals surface area contributed by atoms with Gasteiger partial charge >= 0.3 is 0 Å². The summed E-state index contributed by atoms with van der Waals surface area (Å²) >= 11 is 8.18. The van der Waals surface area contributed by atoms with Crippen molar-refractivity contribution in [3.63, 3.8) is 0 Å². The monoisotopic (exact) mass is 624 g/mol. The molecule has 0 bridgehead atoms. The molecule has 0 radical (unpaired) electrons. The molecular formula is C27H30ClIN2O5. The van der Waals surface area contributed by atoms with Crippen LogP contribution in [-0.2, 0) is 16.1 Å². The van der Waals surface area contributed by atoms with Crippen molar-refractivity contribution in [2.75, 3.05) is 13.2 Å². The number of rotatable bonds is 11. The predicted octanol–water partition coefficient (Wildman–Crippen LogP) is 3.86. The Bertz CT molecular complexity index is 1090. The Balaban J connectivity index is 1.96. The first-order valence-electron chi connectivity index (χ1n) is 11.7. The molecule has 3 unspecified atom stereocenters. The van der Waals surface area contributed by atoms with E-state index < -0.39 is 18.2 Å². The molecule has 0 saturated carbocycles. The molecule has 2 aromatic carbocycles. The van der Waals surface area contributed by atoms with E-state index in [0.29, 0.717) is 22.8 Å². The Hall–Kier alpha value is -2.40. The summed E-state index contributed by atoms with van der Waals surface area (Å²) in [7, 11) is 0. The lowest BCUT2D eigenvalue weighted by molar-refractivity contribution is -0.139. The second kappa shape index (κ2) is 13.8. The molecule has 9 heteroatoms. The average molecular weight is 625 g/mol. The van der Waals surface area contributed by atoms with Crippen LogP contribution in [0, 0.1) is 3.57 Å². The van der Waals surface area contributed by atoms with Crippen LogP contribution in [0.15, 0.2) is 72.8 Å². The first-order valence-corrected chi connectivity index (χ1v) is 13.1. The summed E-state index contributed by atoms with van der Waals surface area (Å²) in [4.78, 5) is 27.8. The number of hydrogen-bond donors (Lipinski definition) is 3. The van der Waals surface area contributed by atoms with Crippen LogP contribution >= 0.6 is 34.2 Å². The van der Waals surface area contributed by atoms with Gasteiger partial charge < -0.3 is 25.2 Å². The Morgan fingerprint density at radius 3 is 2.61 bits per heavy atom. The van der Waals surface area contributed by atoms with Gasteiger partial charge in [-0.25, -0.2) is 0 Å². The van der Waals surface area contributed by atoms with Gasteiger partial charge in [-0.15, -0.1) is 6.58 Å². The number of nitrogens with zero attached hydrogens (tertiary/aromatic N) is 1. The third-order valence-corrected chi connectivity index (χ3v) is 7.01. The number of halogens is 2. The number of aliphatic hydroxyl groups is 2. The van der Waals surface area contributed by atoms with Crippen molar-refractivity contribution in [2.45, 2.75) is 44.1 Å². The highest BCUT2D eigenvalue weighted by atomic mass is 127. The van der Waals surface area contributed by atoms with Crippen LogP contribution in [0.3, 0.4) is 0 Å². The maximum Gasteiger partial charge on any atom is 0.247 e. The largest absolute Gasteiger partial charge is 0.482 e. The van der Waals surface area contributed by atoms with Crippen LogP contribution in [0.5, 0.6) is 5.75 Å². The Kier molecular flexibility index (Phi) is 10.8. The minimum Gasteiger partial charge on any atom is -0.482 e. The number of allylic oxidation sites excluding steroid dienone is 1. The highest BCUT2D eigenvalue weighted by Gasteiger charge is 2.40. The SMILES string of the molecule is C=CCCC(=O)N(Cc1ccc(Cl)cc1)C1CC(C(=O)NCCO)=CC(Oc2ccccc2I)C1O. The van der Waals surface area contributed by atoms with E-state index in [2.05, 4.69) is 34.5 Å². The van der Waals surface area contributed by atoms with E-state index in [9.17, 15) is 14.7 Å². The quantitative estimate of drug-likeness (QED) is 0.261. The number of para-hydroxylation sites is 1. The summed E-state index contributed by atoms with van der Waals surface area (Å²) in [5.41, 5.74) is 1.22. The highest BCUT2D eigenvalue weighted by Crippen LogP contribution is 2.31. The summed E-state index contributed by atoms with van der Waals surface area (Å²) in [6.45, 7) is 3.84. The van der Waals surface area contributed by atoms with Crippen LogP contribution in [-0.4, -0.2) is 58.3 Å². The van der Waals surface area contributed by atoms with Crippen molar-refractivity contribution in [2.24, 2.45) is 0 Å². The Morgan fingerprint density at radius 1 is 1.22 bits per heavy atom. The van der Waals surface area contributed by atoms with E-state index in [0.717, 1.165) is 9.13 Å². The minimum absolute atomic E-state index is 0.0955. The third-order valence-electron chi connectivity index (χ3n) is 5.86. The predicted molar refractivity (Wildman–Crippen MR) is 148 cm³/mol. The van der Waals surface area contributed by atoms with E-state index in [1.807, 2.05) is 30.3 Å². The van der Waals surface area contributed by atoms with Gasteiger partial charge in [0.15, 0.2) is 0 Å². The van der Waals surface area contributed by atoms with E-state index in [4.69, 9.17) is 21.4 Å². The van der Waals surface area contributed by atoms with E-state index in [-0.39, 0.29) is 44.4 Å². The highest BCUT2D eigenvalue weighted by molar-refractivity contribution is 14.1. The zero-order valence-electron chi connectivity index (χ0n) is 19.8. The molecule has 0 aromatic heterocycles. The standard InChI is InChI=1S/C27H30ClIN2O5/c1-2-3-8-25(33)31(17-18-9-11-20(28)12-10-18)22-15-19(27(35)30-13-14-32)16-24(26(22)34)36-23-7-5-4-6-21(23)29/h2,4-7,9-12,16,22,24,26,32,34H,1,3,8,13-15,17H2,(H,30,35). The van der Waals surface area contributed by atoms with Crippen molar-refractivity contribution >= 4 is 46.0 Å². The number of ether oxygens (including phenoxy) is 1. The van der Waals surface area contributed by atoms with Crippen LogP contribution in [0.1, 0.15) is 24.8 Å². The molecule has 192 valence electrons. The van der Waals surface area contributed by atoms with E-state index in [1.54, 1.807) is 35.3 Å². The third kappa shape index (κ3) is 7.55. The zero-order valence-corrected chi connectivity index (χ0v) is 22.7. The molecular weight excluding hydrogens is 595 g/mol. The molecule has 0 heterocycles. The van der Waals surface area contributed by atoms with Gasteiger partial charge in [-0.2, -0.15) is 0 Å². The second-order valence-electron chi connectivity index (χ2n) is 8.42. The molecule has 2 aromatic rings. The van der Waals surface area contributed by atoms with Gasteiger partial charge in [-0.3, -0.25) is 9.59 Å². The zero-order chi connectivity index (χ0) is 26.1. The van der Waals surface area contributed by atoms with Gasteiger partial charge in [0.1, 0.15) is 18.0 Å². The second-order valence-corrected chi connectivity index (χ2v) is 10.0. The first kappa shape index (κ1) is 28.2. The average Bonchev–Trinajstić information content (AvgIpc) is 2.88. The van der Waals surface area contributed by atoms with Gasteiger partial charge in [0.05, 0.1) is 16.2 Å². The summed E-state index contributed by atoms with van der Waals surface area (Å²) in [6, 6.07) is 13.8. The summed E-state index contributed by atoms with van der Waals surface area (Å²) in [5, 5.41) is 23.8. The smallest absolute Gasteiger partial charge is 0.247 e. The number of benzene rings is 2. The molecule has 3 N–H and O–H groups in total. The fourth-order valence-electron chi connectivity index (χ4n) is 4.01. The van der Waals surface area contributed by atoms with Crippen molar-refractivity contribution in [1.29, 1.82) is 0 Å². The summed E-state index contributed by atoms with van der Waals surface area (Å²) < 4.78 is 7.01. The number of hydrogen-bond acceptors (Lipinski definition) is 5. The van der Waals surface area contributed by atoms with Crippen LogP contribution < -0.4 is 10.1 Å². The number of carbonyl (C=O) groups excluding carboxylic acids is 2. The molecule has 36 heavy (non-hydrogen) atoms. The number of carbonyl (C=O) groups is 2. The molecule has 7 nitrogen and oxygen atoms in total. The van der Waals surface area contributed by atoms with Crippen molar-refractivity contribution in [1.82, 2.24) is 10.2 Å². The Labute approximate surface area is 229 Å². The molecule has 0 fully saturated rings. The summed E-state index contributed by atoms with van der Waals surface area (Å²) in [6.07, 6.45) is 2.17. The molecule has 0 saturated heterocycles. The maximum atomic E-state index is 13.3. The van der Waals surface area contributed by atoms with Gasteiger partial charge in [-0.1, -0.05) is 41.9 Å². The van der Waals surface area contributed by atoms with Gasteiger partial charge in [0, 0.05) is 36.5 Å². The van der Waals surface area contributed by atoms with E-state index >= 15 is 0 Å². The van der Waals surface area contributed by atoms with Gasteiger partial charge in [0.2, 0.25) is 11.8 Å². The van der Waals surface area contributed by atoms with Crippen LogP contribution in [0.4, 0.5) is 0 Å². The lowest BCUT2D eigenvalue weighted by Crippen LogP contribution is -2.54. The van der Waals surface area contributed by atoms with Crippen LogP contribution in [0.2, 0.25) is 5.02 Å². The van der Waals surface area contributed by atoms with E-state index in [1.165, 1.54) is 0 Å². The topological polar surface area (TPSA) is 99.1 Å². The lowest BCUT2D eigenvalue weighted by atomic mass is 9.87. The molecule has 1 aliphatic rings. The van der Waals surface area contributed by atoms with Gasteiger partial charge in [-0.05, 0) is 64.9 Å². The van der Waals surface area contributed by atoms with Crippen molar-refractivity contribution in [3.05, 3.63) is 87.0 Å². The molecule has 2 amide bonds. The minimum atomic E-state index is -1.09. The van der Waals surface area contributed by atoms with Crippen molar-refractivity contribution < 1.29 is 24.5 Å². The molecule has 3 atom stereocenters. The molecule has 0 aliphatic heterocycles. The number of aliphatic hydroxyl groups excluding tert-OH is 2. The number of amides is 2. The Morgan fingerprint density at radius 2 is 1.94 bits per heavy atom. The lowest BCUT2D eigenvalue weighted by Gasteiger charge is -2.40. The van der Waals surface area contributed by atoms with Crippen LogP contribution in [0.25, 0.3) is 0 Å². The maximum absolute atomic E-state index is 13.3. The molecule has 0 spiro atoms. The fraction of sp³-hybridized carbons (Fsp3) is 0.333. The molecule has 1 aliphatic carbocycles.